The zero-order chi connectivity index (χ0) is 14.5. The van der Waals surface area contributed by atoms with Gasteiger partial charge in [-0.15, -0.1) is 0 Å². The lowest BCUT2D eigenvalue weighted by molar-refractivity contribution is 0.122. The molecule has 0 aliphatic carbocycles. The zero-order valence-corrected chi connectivity index (χ0v) is 11.9. The molecule has 112 valence electrons. The Balaban J connectivity index is 1.44. The molecule has 0 spiro atoms. The SMILES string of the molecule is O=c1cccnn1CCN1CCN(Cc2cnoc2)CC1. The molecule has 0 radical (unpaired) electrons. The summed E-state index contributed by atoms with van der Waals surface area (Å²) >= 11 is 0. The van der Waals surface area contributed by atoms with Crippen molar-refractivity contribution < 1.29 is 4.52 Å². The highest BCUT2D eigenvalue weighted by Crippen LogP contribution is 2.07. The van der Waals surface area contributed by atoms with E-state index in [9.17, 15) is 4.79 Å². The summed E-state index contributed by atoms with van der Waals surface area (Å²) < 4.78 is 6.37. The van der Waals surface area contributed by atoms with Crippen molar-refractivity contribution in [3.05, 3.63) is 46.7 Å². The summed E-state index contributed by atoms with van der Waals surface area (Å²) in [5, 5.41) is 7.80. The maximum atomic E-state index is 11.6. The summed E-state index contributed by atoms with van der Waals surface area (Å²) in [6, 6.07) is 3.21. The Kier molecular flexibility index (Phi) is 4.42. The summed E-state index contributed by atoms with van der Waals surface area (Å²) in [6.45, 7) is 6.44. The van der Waals surface area contributed by atoms with Crippen molar-refractivity contribution in [1.82, 2.24) is 24.7 Å². The van der Waals surface area contributed by atoms with E-state index in [1.54, 1.807) is 30.8 Å². The Bertz CT molecular complexity index is 602. The predicted molar refractivity (Wildman–Crippen MR) is 76.7 cm³/mol. The van der Waals surface area contributed by atoms with Crippen LogP contribution >= 0.6 is 0 Å². The molecule has 0 atom stereocenters. The molecule has 1 saturated heterocycles. The van der Waals surface area contributed by atoms with E-state index in [4.69, 9.17) is 4.52 Å². The number of hydrogen-bond donors (Lipinski definition) is 0. The summed E-state index contributed by atoms with van der Waals surface area (Å²) in [5.74, 6) is 0. The van der Waals surface area contributed by atoms with Crippen molar-refractivity contribution in [2.75, 3.05) is 32.7 Å². The minimum absolute atomic E-state index is 0.0383. The Morgan fingerprint density at radius 3 is 2.67 bits per heavy atom. The normalized spacial score (nSPS) is 17.1. The molecule has 3 rings (SSSR count). The van der Waals surface area contributed by atoms with Crippen molar-refractivity contribution >= 4 is 0 Å². The molecule has 1 aliphatic rings. The fourth-order valence-electron chi connectivity index (χ4n) is 2.53. The minimum atomic E-state index is -0.0383. The smallest absolute Gasteiger partial charge is 0.266 e. The van der Waals surface area contributed by atoms with Gasteiger partial charge in [-0.2, -0.15) is 5.10 Å². The lowest BCUT2D eigenvalue weighted by Crippen LogP contribution is -2.47. The van der Waals surface area contributed by atoms with Gasteiger partial charge >= 0.3 is 0 Å². The molecule has 7 nitrogen and oxygen atoms in total. The molecule has 0 N–H and O–H groups in total. The second-order valence-corrected chi connectivity index (χ2v) is 5.24. The lowest BCUT2D eigenvalue weighted by atomic mass is 10.2. The van der Waals surface area contributed by atoms with Gasteiger partial charge < -0.3 is 4.52 Å². The van der Waals surface area contributed by atoms with Gasteiger partial charge in [-0.1, -0.05) is 5.16 Å². The number of nitrogens with zero attached hydrogens (tertiary/aromatic N) is 5. The lowest BCUT2D eigenvalue weighted by Gasteiger charge is -2.34. The van der Waals surface area contributed by atoms with Crippen LogP contribution in [-0.4, -0.2) is 57.5 Å². The molecular formula is C14H19N5O2. The molecule has 0 bridgehead atoms. The minimum Gasteiger partial charge on any atom is -0.364 e. The van der Waals surface area contributed by atoms with Crippen LogP contribution in [0.3, 0.4) is 0 Å². The third kappa shape index (κ3) is 3.77. The first-order valence-corrected chi connectivity index (χ1v) is 7.16. The monoisotopic (exact) mass is 289 g/mol. The standard InChI is InChI=1S/C14H19N5O2/c20-14-2-1-3-15-19(14)9-8-17-4-6-18(7-5-17)11-13-10-16-21-12-13/h1-3,10,12H,4-9,11H2. The van der Waals surface area contributed by atoms with E-state index in [1.165, 1.54) is 4.68 Å². The van der Waals surface area contributed by atoms with Crippen molar-refractivity contribution in [2.24, 2.45) is 0 Å². The quantitative estimate of drug-likeness (QED) is 0.775. The molecule has 2 aromatic heterocycles. The van der Waals surface area contributed by atoms with E-state index in [0.29, 0.717) is 6.54 Å². The first-order valence-electron chi connectivity index (χ1n) is 7.16. The van der Waals surface area contributed by atoms with Crippen LogP contribution in [0.5, 0.6) is 0 Å². The molecule has 0 aromatic carbocycles. The maximum absolute atomic E-state index is 11.6. The van der Waals surface area contributed by atoms with Gasteiger partial charge in [0, 0.05) is 57.1 Å². The summed E-state index contributed by atoms with van der Waals surface area (Å²) in [5.41, 5.74) is 1.08. The Hall–Kier alpha value is -1.99. The maximum Gasteiger partial charge on any atom is 0.266 e. The first kappa shape index (κ1) is 14.0. The van der Waals surface area contributed by atoms with Crippen molar-refractivity contribution in [1.29, 1.82) is 0 Å². The Labute approximate surface area is 122 Å². The van der Waals surface area contributed by atoms with Gasteiger partial charge in [0.15, 0.2) is 0 Å². The third-order valence-corrected chi connectivity index (χ3v) is 3.77. The average molecular weight is 289 g/mol. The van der Waals surface area contributed by atoms with Gasteiger partial charge in [0.25, 0.3) is 5.56 Å². The molecule has 1 fully saturated rings. The molecule has 0 unspecified atom stereocenters. The predicted octanol–water partition coefficient (Wildman–Crippen LogP) is 0.0491. The van der Waals surface area contributed by atoms with Crippen LogP contribution in [0.1, 0.15) is 5.56 Å². The molecule has 7 heteroatoms. The second-order valence-electron chi connectivity index (χ2n) is 5.24. The number of rotatable bonds is 5. The van der Waals surface area contributed by atoms with Crippen LogP contribution in [0.25, 0.3) is 0 Å². The van der Waals surface area contributed by atoms with Crippen LogP contribution in [-0.2, 0) is 13.1 Å². The van der Waals surface area contributed by atoms with Gasteiger partial charge in [0.05, 0.1) is 12.7 Å². The van der Waals surface area contributed by atoms with E-state index < -0.39 is 0 Å². The van der Waals surface area contributed by atoms with Crippen molar-refractivity contribution in [3.8, 4) is 0 Å². The highest BCUT2D eigenvalue weighted by molar-refractivity contribution is 5.00. The van der Waals surface area contributed by atoms with E-state index in [-0.39, 0.29) is 5.56 Å². The average Bonchev–Trinajstić information content (AvgIpc) is 3.01. The first-order chi connectivity index (χ1) is 10.3. The molecule has 0 saturated carbocycles. The molecule has 1 aliphatic heterocycles. The molecule has 3 heterocycles. The summed E-state index contributed by atoms with van der Waals surface area (Å²) in [4.78, 5) is 16.3. The highest BCUT2D eigenvalue weighted by Gasteiger charge is 2.17. The van der Waals surface area contributed by atoms with Gasteiger partial charge in [-0.3, -0.25) is 14.6 Å². The van der Waals surface area contributed by atoms with Crippen LogP contribution in [0.2, 0.25) is 0 Å². The van der Waals surface area contributed by atoms with Crippen LogP contribution in [0.4, 0.5) is 0 Å². The molecule has 0 amide bonds. The fourth-order valence-corrected chi connectivity index (χ4v) is 2.53. The molecule has 2 aromatic rings. The van der Waals surface area contributed by atoms with Crippen LogP contribution < -0.4 is 5.56 Å². The molecular weight excluding hydrogens is 270 g/mol. The van der Waals surface area contributed by atoms with Gasteiger partial charge in [-0.25, -0.2) is 4.68 Å². The van der Waals surface area contributed by atoms with Crippen LogP contribution in [0, 0.1) is 0 Å². The Morgan fingerprint density at radius 1 is 1.14 bits per heavy atom. The fraction of sp³-hybridized carbons (Fsp3) is 0.500. The number of piperazine rings is 1. The van der Waals surface area contributed by atoms with E-state index in [1.807, 2.05) is 0 Å². The summed E-state index contributed by atoms with van der Waals surface area (Å²) in [7, 11) is 0. The largest absolute Gasteiger partial charge is 0.364 e. The van der Waals surface area contributed by atoms with E-state index in [0.717, 1.165) is 44.8 Å². The van der Waals surface area contributed by atoms with Gasteiger partial charge in [0.1, 0.15) is 6.26 Å². The second kappa shape index (κ2) is 6.64. The van der Waals surface area contributed by atoms with E-state index >= 15 is 0 Å². The third-order valence-electron chi connectivity index (χ3n) is 3.77. The topological polar surface area (TPSA) is 67.4 Å². The van der Waals surface area contributed by atoms with Gasteiger partial charge in [-0.05, 0) is 6.07 Å². The molecule has 21 heavy (non-hydrogen) atoms. The van der Waals surface area contributed by atoms with Crippen molar-refractivity contribution in [3.63, 3.8) is 0 Å². The van der Waals surface area contributed by atoms with Crippen LogP contribution in [0.15, 0.2) is 40.1 Å². The summed E-state index contributed by atoms with van der Waals surface area (Å²) in [6.07, 6.45) is 5.11. The number of hydrogen-bond acceptors (Lipinski definition) is 6. The van der Waals surface area contributed by atoms with Crippen molar-refractivity contribution in [2.45, 2.75) is 13.1 Å². The highest BCUT2D eigenvalue weighted by atomic mass is 16.5. The van der Waals surface area contributed by atoms with E-state index in [2.05, 4.69) is 20.1 Å². The number of aromatic nitrogens is 3. The Morgan fingerprint density at radius 2 is 1.95 bits per heavy atom. The van der Waals surface area contributed by atoms with Gasteiger partial charge in [0.2, 0.25) is 0 Å². The zero-order valence-electron chi connectivity index (χ0n) is 11.9.